The molecule has 0 radical (unpaired) electrons. The zero-order valence-electron chi connectivity index (χ0n) is 13.1. The Kier molecular flexibility index (Phi) is 6.53. The van der Waals surface area contributed by atoms with Gasteiger partial charge in [-0.1, -0.05) is 35.4 Å². The molecule has 1 aliphatic rings. The number of rotatable bonds is 6. The van der Waals surface area contributed by atoms with Crippen LogP contribution < -0.4 is 5.32 Å². The predicted molar refractivity (Wildman–Crippen MR) is 83.5 cm³/mol. The number of aliphatic hydroxyl groups is 2. The quantitative estimate of drug-likeness (QED) is 0.394. The molecule has 0 spiro atoms. The average molecular weight is 336 g/mol. The highest BCUT2D eigenvalue weighted by atomic mass is 16.7. The average Bonchev–Trinajstić information content (AvgIpc) is 2.58. The Labute approximate surface area is 138 Å². The molecule has 9 nitrogen and oxygen atoms in total. The summed E-state index contributed by atoms with van der Waals surface area (Å²) in [7, 11) is 0. The lowest BCUT2D eigenvalue weighted by atomic mass is 9.96. The molecule has 0 saturated carbocycles. The number of ether oxygens (including phenoxy) is 2. The van der Waals surface area contributed by atoms with Crippen molar-refractivity contribution < 1.29 is 24.5 Å². The molecule has 2 rings (SSSR count). The van der Waals surface area contributed by atoms with Crippen molar-refractivity contribution >= 4 is 5.91 Å². The number of aliphatic hydroxyl groups excluding tert-OH is 2. The molecule has 0 unspecified atom stereocenters. The first kappa shape index (κ1) is 18.2. The number of amides is 1. The van der Waals surface area contributed by atoms with Gasteiger partial charge in [0.25, 0.3) is 0 Å². The lowest BCUT2D eigenvalue weighted by Gasteiger charge is -2.42. The van der Waals surface area contributed by atoms with E-state index in [1.807, 2.05) is 30.3 Å². The van der Waals surface area contributed by atoms with E-state index < -0.39 is 36.6 Å². The molecule has 24 heavy (non-hydrogen) atoms. The highest BCUT2D eigenvalue weighted by Crippen LogP contribution is 2.23. The highest BCUT2D eigenvalue weighted by molar-refractivity contribution is 5.73. The summed E-state index contributed by atoms with van der Waals surface area (Å²) in [4.78, 5) is 14.0. The van der Waals surface area contributed by atoms with E-state index in [0.29, 0.717) is 0 Å². The third-order valence-corrected chi connectivity index (χ3v) is 3.65. The summed E-state index contributed by atoms with van der Waals surface area (Å²) in [5, 5.41) is 26.2. The van der Waals surface area contributed by atoms with Crippen molar-refractivity contribution in [1.29, 1.82) is 0 Å². The molecule has 1 saturated heterocycles. The number of carbonyl (C=O) groups is 1. The van der Waals surface area contributed by atoms with Gasteiger partial charge in [-0.2, -0.15) is 0 Å². The van der Waals surface area contributed by atoms with Gasteiger partial charge in [0.15, 0.2) is 6.29 Å². The van der Waals surface area contributed by atoms with E-state index in [4.69, 9.17) is 15.0 Å². The molecule has 1 amide bonds. The smallest absolute Gasteiger partial charge is 0.217 e. The minimum Gasteiger partial charge on any atom is -0.388 e. The fourth-order valence-electron chi connectivity index (χ4n) is 2.48. The summed E-state index contributed by atoms with van der Waals surface area (Å²) in [5.74, 6) is -0.392. The van der Waals surface area contributed by atoms with Gasteiger partial charge in [0, 0.05) is 11.8 Å². The summed E-state index contributed by atoms with van der Waals surface area (Å²) in [6, 6.07) is 8.36. The number of benzene rings is 1. The number of hydrogen-bond acceptors (Lipinski definition) is 6. The Bertz CT molecular complexity index is 593. The standard InChI is InChI=1S/C15H20N4O5/c1-9(20)18-12-14(22)13(21)11(7-17-19-16)24-15(12)23-8-10-5-3-2-4-6-10/h2-6,11-15,21-22H,7-8H2,1H3,(H,18,20)/t11-,12-,13-,14-,15+/m1/s1. The van der Waals surface area contributed by atoms with Crippen LogP contribution in [0, 0.1) is 0 Å². The molecule has 0 aromatic heterocycles. The van der Waals surface area contributed by atoms with Crippen molar-refractivity contribution in [2.75, 3.05) is 6.54 Å². The second-order valence-electron chi connectivity index (χ2n) is 5.46. The predicted octanol–water partition coefficient (Wildman–Crippen LogP) is 0.465. The van der Waals surface area contributed by atoms with Gasteiger partial charge in [-0.15, -0.1) is 0 Å². The zero-order chi connectivity index (χ0) is 17.5. The summed E-state index contributed by atoms with van der Waals surface area (Å²) >= 11 is 0. The lowest BCUT2D eigenvalue weighted by Crippen LogP contribution is -2.64. The topological polar surface area (TPSA) is 137 Å². The van der Waals surface area contributed by atoms with Crippen LogP contribution in [0.15, 0.2) is 35.4 Å². The molecular weight excluding hydrogens is 316 g/mol. The Hall–Kier alpha value is -2.16. The van der Waals surface area contributed by atoms with Gasteiger partial charge in [-0.3, -0.25) is 4.79 Å². The number of nitrogens with zero attached hydrogens (tertiary/aromatic N) is 3. The molecule has 1 aromatic carbocycles. The third-order valence-electron chi connectivity index (χ3n) is 3.65. The minimum atomic E-state index is -1.32. The first-order valence-corrected chi connectivity index (χ1v) is 7.48. The maximum atomic E-state index is 11.4. The molecule has 0 bridgehead atoms. The van der Waals surface area contributed by atoms with Crippen molar-refractivity contribution in [1.82, 2.24) is 5.32 Å². The number of hydrogen-bond donors (Lipinski definition) is 3. The Morgan fingerprint density at radius 3 is 2.71 bits per heavy atom. The SMILES string of the molecule is CC(=O)N[C@H]1[C@@H](OCc2ccccc2)O[C@H](CN=[N+]=[N-])[C@@H](O)[C@@H]1O. The van der Waals surface area contributed by atoms with E-state index in [1.54, 1.807) is 0 Å². The van der Waals surface area contributed by atoms with E-state index in [2.05, 4.69) is 15.3 Å². The zero-order valence-corrected chi connectivity index (χ0v) is 13.1. The van der Waals surface area contributed by atoms with Crippen LogP contribution >= 0.6 is 0 Å². The van der Waals surface area contributed by atoms with Crippen LogP contribution in [0.1, 0.15) is 12.5 Å². The van der Waals surface area contributed by atoms with Crippen LogP contribution in [-0.2, 0) is 20.9 Å². The van der Waals surface area contributed by atoms with Crippen molar-refractivity contribution in [3.8, 4) is 0 Å². The molecule has 5 atom stereocenters. The first-order valence-electron chi connectivity index (χ1n) is 7.48. The number of nitrogens with one attached hydrogen (secondary N) is 1. The Morgan fingerprint density at radius 1 is 1.38 bits per heavy atom. The second-order valence-corrected chi connectivity index (χ2v) is 5.46. The Balaban J connectivity index is 2.11. The van der Waals surface area contributed by atoms with Crippen LogP contribution in [0.5, 0.6) is 0 Å². The molecular formula is C15H20N4O5. The number of carbonyl (C=O) groups excluding carboxylic acids is 1. The van der Waals surface area contributed by atoms with Crippen LogP contribution in [0.4, 0.5) is 0 Å². The molecule has 130 valence electrons. The van der Waals surface area contributed by atoms with Crippen LogP contribution in [0.3, 0.4) is 0 Å². The summed E-state index contributed by atoms with van der Waals surface area (Å²) < 4.78 is 11.3. The molecule has 1 heterocycles. The highest BCUT2D eigenvalue weighted by Gasteiger charge is 2.45. The van der Waals surface area contributed by atoms with Crippen molar-refractivity contribution in [3.05, 3.63) is 46.3 Å². The van der Waals surface area contributed by atoms with Gasteiger partial charge in [-0.25, -0.2) is 0 Å². The van der Waals surface area contributed by atoms with Gasteiger partial charge in [0.2, 0.25) is 5.91 Å². The monoisotopic (exact) mass is 336 g/mol. The molecule has 1 fully saturated rings. The fourth-order valence-corrected chi connectivity index (χ4v) is 2.48. The molecule has 9 heteroatoms. The molecule has 0 aliphatic carbocycles. The van der Waals surface area contributed by atoms with Gasteiger partial charge in [0.05, 0.1) is 19.3 Å². The van der Waals surface area contributed by atoms with Crippen LogP contribution in [-0.4, -0.2) is 53.3 Å². The minimum absolute atomic E-state index is 0.160. The maximum Gasteiger partial charge on any atom is 0.217 e. The van der Waals surface area contributed by atoms with E-state index in [0.717, 1.165) is 5.56 Å². The van der Waals surface area contributed by atoms with Gasteiger partial charge >= 0.3 is 0 Å². The van der Waals surface area contributed by atoms with Crippen molar-refractivity contribution in [2.45, 2.75) is 44.2 Å². The second kappa shape index (κ2) is 8.62. The van der Waals surface area contributed by atoms with Gasteiger partial charge < -0.3 is 25.0 Å². The summed E-state index contributed by atoms with van der Waals surface area (Å²) in [5.41, 5.74) is 9.29. The number of azide groups is 1. The lowest BCUT2D eigenvalue weighted by molar-refractivity contribution is -0.265. The molecule has 1 aliphatic heterocycles. The van der Waals surface area contributed by atoms with Crippen LogP contribution in [0.2, 0.25) is 0 Å². The van der Waals surface area contributed by atoms with E-state index in [9.17, 15) is 15.0 Å². The van der Waals surface area contributed by atoms with Crippen LogP contribution in [0.25, 0.3) is 10.4 Å². The largest absolute Gasteiger partial charge is 0.388 e. The van der Waals surface area contributed by atoms with Crippen molar-refractivity contribution in [3.63, 3.8) is 0 Å². The molecule has 1 aromatic rings. The van der Waals surface area contributed by atoms with E-state index in [1.165, 1.54) is 6.92 Å². The summed E-state index contributed by atoms with van der Waals surface area (Å²) in [6.07, 6.45) is -4.56. The van der Waals surface area contributed by atoms with E-state index >= 15 is 0 Å². The first-order chi connectivity index (χ1) is 11.5. The third kappa shape index (κ3) is 4.67. The fraction of sp³-hybridized carbons (Fsp3) is 0.533. The summed E-state index contributed by atoms with van der Waals surface area (Å²) in [6.45, 7) is 1.32. The Morgan fingerprint density at radius 2 is 2.08 bits per heavy atom. The van der Waals surface area contributed by atoms with E-state index in [-0.39, 0.29) is 13.2 Å². The molecule has 3 N–H and O–H groups in total. The maximum absolute atomic E-state index is 11.4. The van der Waals surface area contributed by atoms with Crippen molar-refractivity contribution in [2.24, 2.45) is 5.11 Å². The van der Waals surface area contributed by atoms with Gasteiger partial charge in [-0.05, 0) is 11.1 Å². The normalized spacial score (nSPS) is 29.5. The van der Waals surface area contributed by atoms with Gasteiger partial charge in [0.1, 0.15) is 18.2 Å².